The number of benzene rings is 1. The molecule has 1 amide bonds. The maximum atomic E-state index is 11.1. The van der Waals surface area contributed by atoms with Crippen molar-refractivity contribution in [2.24, 2.45) is 0 Å². The fraction of sp³-hybridized carbons (Fsp3) is 0.300. The monoisotopic (exact) mass is 305 g/mol. The topological polar surface area (TPSA) is 38.3 Å². The average Bonchev–Trinajstić information content (AvgIpc) is 2.19. The second kappa shape index (κ2) is 5.98. The zero-order chi connectivity index (χ0) is 10.4. The quantitative estimate of drug-likeness (QED) is 0.525. The van der Waals surface area contributed by atoms with Crippen molar-refractivity contribution >= 4 is 28.5 Å². The standard InChI is InChI=1S/C10H12INO2/c1-8(11)10(13)12-14-7-9-5-3-2-4-6-9/h2-6,8H,7H2,1H3,(H,12,13). The number of hydrogen-bond donors (Lipinski definition) is 1. The van der Waals surface area contributed by atoms with E-state index in [0.29, 0.717) is 6.61 Å². The molecule has 1 rings (SSSR count). The van der Waals surface area contributed by atoms with Gasteiger partial charge in [-0.3, -0.25) is 9.63 Å². The summed E-state index contributed by atoms with van der Waals surface area (Å²) in [7, 11) is 0. The zero-order valence-electron chi connectivity index (χ0n) is 7.87. The highest BCUT2D eigenvalue weighted by Gasteiger charge is 2.07. The molecule has 0 aliphatic rings. The van der Waals surface area contributed by atoms with Gasteiger partial charge in [-0.1, -0.05) is 52.9 Å². The molecule has 0 radical (unpaired) electrons. The molecule has 0 aliphatic heterocycles. The summed E-state index contributed by atoms with van der Waals surface area (Å²) in [4.78, 5) is 16.1. The second-order valence-electron chi connectivity index (χ2n) is 2.86. The molecule has 1 N–H and O–H groups in total. The first-order valence-corrected chi connectivity index (χ1v) is 5.54. The Labute approximate surface area is 96.9 Å². The summed E-state index contributed by atoms with van der Waals surface area (Å²) < 4.78 is -0.0802. The highest BCUT2D eigenvalue weighted by Crippen LogP contribution is 2.00. The Bertz CT molecular complexity index is 287. The van der Waals surface area contributed by atoms with Crippen molar-refractivity contribution in [3.8, 4) is 0 Å². The summed E-state index contributed by atoms with van der Waals surface area (Å²) in [6.45, 7) is 2.21. The van der Waals surface area contributed by atoms with Gasteiger partial charge in [-0.2, -0.15) is 0 Å². The minimum absolute atomic E-state index is 0.0802. The maximum absolute atomic E-state index is 11.1. The predicted molar refractivity (Wildman–Crippen MR) is 62.9 cm³/mol. The van der Waals surface area contributed by atoms with Crippen LogP contribution >= 0.6 is 22.6 Å². The molecule has 0 spiro atoms. The number of carbonyl (C=O) groups excluding carboxylic acids is 1. The lowest BCUT2D eigenvalue weighted by atomic mass is 10.2. The number of halogens is 1. The molecule has 4 heteroatoms. The molecule has 0 saturated carbocycles. The summed E-state index contributed by atoms with van der Waals surface area (Å²) in [6.07, 6.45) is 0. The Morgan fingerprint density at radius 2 is 2.14 bits per heavy atom. The van der Waals surface area contributed by atoms with E-state index in [4.69, 9.17) is 4.84 Å². The van der Waals surface area contributed by atoms with Gasteiger partial charge in [0.2, 0.25) is 0 Å². The normalized spacial score (nSPS) is 12.1. The highest BCUT2D eigenvalue weighted by atomic mass is 127. The lowest BCUT2D eigenvalue weighted by Crippen LogP contribution is -2.29. The summed E-state index contributed by atoms with van der Waals surface area (Å²) in [6, 6.07) is 9.69. The summed E-state index contributed by atoms with van der Waals surface area (Å²) >= 11 is 2.03. The van der Waals surface area contributed by atoms with Crippen LogP contribution in [0.1, 0.15) is 12.5 Å². The molecule has 3 nitrogen and oxygen atoms in total. The predicted octanol–water partition coefficient (Wildman–Crippen LogP) is 2.06. The van der Waals surface area contributed by atoms with Gasteiger partial charge in [0.25, 0.3) is 5.91 Å². The molecule has 0 fully saturated rings. The Morgan fingerprint density at radius 3 is 2.71 bits per heavy atom. The van der Waals surface area contributed by atoms with Crippen molar-refractivity contribution in [3.05, 3.63) is 35.9 Å². The SMILES string of the molecule is CC(I)C(=O)NOCc1ccccc1. The smallest absolute Gasteiger partial charge is 0.256 e. The minimum Gasteiger partial charge on any atom is -0.272 e. The molecule has 1 aromatic carbocycles. The van der Waals surface area contributed by atoms with Gasteiger partial charge in [-0.25, -0.2) is 5.48 Å². The van der Waals surface area contributed by atoms with E-state index in [-0.39, 0.29) is 9.83 Å². The van der Waals surface area contributed by atoms with E-state index in [1.165, 1.54) is 0 Å². The van der Waals surface area contributed by atoms with Crippen LogP contribution in [0.3, 0.4) is 0 Å². The molecule has 1 atom stereocenters. The Kier molecular flexibility index (Phi) is 4.89. The van der Waals surface area contributed by atoms with Crippen LogP contribution in [0.4, 0.5) is 0 Å². The van der Waals surface area contributed by atoms with Crippen LogP contribution in [0.5, 0.6) is 0 Å². The van der Waals surface area contributed by atoms with Gasteiger partial charge in [0.1, 0.15) is 0 Å². The Morgan fingerprint density at radius 1 is 1.50 bits per heavy atom. The van der Waals surface area contributed by atoms with Gasteiger partial charge >= 0.3 is 0 Å². The molecule has 14 heavy (non-hydrogen) atoms. The van der Waals surface area contributed by atoms with Crippen LogP contribution in [-0.2, 0) is 16.2 Å². The lowest BCUT2D eigenvalue weighted by molar-refractivity contribution is -0.133. The van der Waals surface area contributed by atoms with Crippen molar-refractivity contribution in [1.82, 2.24) is 5.48 Å². The fourth-order valence-corrected chi connectivity index (χ4v) is 0.973. The molecule has 0 heterocycles. The van der Waals surface area contributed by atoms with Crippen molar-refractivity contribution in [3.63, 3.8) is 0 Å². The van der Waals surface area contributed by atoms with E-state index >= 15 is 0 Å². The molecular weight excluding hydrogens is 293 g/mol. The van der Waals surface area contributed by atoms with Crippen LogP contribution in [0.25, 0.3) is 0 Å². The van der Waals surface area contributed by atoms with Crippen molar-refractivity contribution in [2.75, 3.05) is 0 Å². The van der Waals surface area contributed by atoms with E-state index in [9.17, 15) is 4.79 Å². The van der Waals surface area contributed by atoms with Gasteiger partial charge in [0.15, 0.2) is 0 Å². The van der Waals surface area contributed by atoms with Gasteiger partial charge in [-0.15, -0.1) is 0 Å². The number of hydroxylamine groups is 1. The van der Waals surface area contributed by atoms with Crippen molar-refractivity contribution in [1.29, 1.82) is 0 Å². The largest absolute Gasteiger partial charge is 0.272 e. The van der Waals surface area contributed by atoms with Gasteiger partial charge < -0.3 is 0 Å². The van der Waals surface area contributed by atoms with Gasteiger partial charge in [-0.05, 0) is 12.5 Å². The first-order valence-electron chi connectivity index (χ1n) is 4.30. The molecular formula is C10H12INO2. The van der Waals surface area contributed by atoms with Crippen LogP contribution < -0.4 is 5.48 Å². The van der Waals surface area contributed by atoms with E-state index < -0.39 is 0 Å². The van der Waals surface area contributed by atoms with Crippen molar-refractivity contribution < 1.29 is 9.63 Å². The number of rotatable bonds is 4. The van der Waals surface area contributed by atoms with E-state index in [1.54, 1.807) is 0 Å². The molecule has 76 valence electrons. The molecule has 1 unspecified atom stereocenters. The van der Waals surface area contributed by atoms with Crippen LogP contribution in [-0.4, -0.2) is 9.83 Å². The molecule has 1 aromatic rings. The Balaban J connectivity index is 2.26. The van der Waals surface area contributed by atoms with Gasteiger partial charge in [0.05, 0.1) is 10.5 Å². The summed E-state index contributed by atoms with van der Waals surface area (Å²) in [5.74, 6) is -0.110. The third kappa shape index (κ3) is 4.06. The number of amides is 1. The second-order valence-corrected chi connectivity index (χ2v) is 4.73. The highest BCUT2D eigenvalue weighted by molar-refractivity contribution is 14.1. The Hall–Kier alpha value is -0.620. The minimum atomic E-state index is -0.110. The zero-order valence-corrected chi connectivity index (χ0v) is 10.0. The van der Waals surface area contributed by atoms with Gasteiger partial charge in [0, 0.05) is 0 Å². The van der Waals surface area contributed by atoms with Crippen LogP contribution in [0.15, 0.2) is 30.3 Å². The third-order valence-electron chi connectivity index (χ3n) is 1.62. The summed E-state index contributed by atoms with van der Waals surface area (Å²) in [5, 5.41) is 0. The molecule has 0 aliphatic carbocycles. The number of carbonyl (C=O) groups is 1. The summed E-state index contributed by atoms with van der Waals surface area (Å²) in [5.41, 5.74) is 3.42. The van der Waals surface area contributed by atoms with E-state index in [2.05, 4.69) is 5.48 Å². The maximum Gasteiger partial charge on any atom is 0.256 e. The van der Waals surface area contributed by atoms with Crippen LogP contribution in [0, 0.1) is 0 Å². The van der Waals surface area contributed by atoms with Crippen LogP contribution in [0.2, 0.25) is 0 Å². The number of alkyl halides is 1. The van der Waals surface area contributed by atoms with Crippen molar-refractivity contribution in [2.45, 2.75) is 17.5 Å². The first-order chi connectivity index (χ1) is 6.70. The first kappa shape index (κ1) is 11.5. The molecule has 0 aromatic heterocycles. The number of nitrogens with one attached hydrogen (secondary N) is 1. The average molecular weight is 305 g/mol. The molecule has 0 bridgehead atoms. The third-order valence-corrected chi connectivity index (χ3v) is 2.18. The van der Waals surface area contributed by atoms with E-state index in [1.807, 2.05) is 59.8 Å². The fourth-order valence-electron chi connectivity index (χ4n) is 0.846. The van der Waals surface area contributed by atoms with E-state index in [0.717, 1.165) is 5.56 Å². The number of hydrogen-bond acceptors (Lipinski definition) is 2. The lowest BCUT2D eigenvalue weighted by Gasteiger charge is -2.06. The molecule has 0 saturated heterocycles.